The molecule has 0 saturated heterocycles. The molecule has 2 aromatic rings. The molecule has 1 atom stereocenters. The van der Waals surface area contributed by atoms with Gasteiger partial charge in [0.15, 0.2) is 6.61 Å². The Kier molecular flexibility index (Phi) is 2.76. The predicted octanol–water partition coefficient (Wildman–Crippen LogP) is 1.94. The molecule has 0 spiro atoms. The molecule has 1 aliphatic rings. The quantitative estimate of drug-likeness (QED) is 0.896. The van der Waals surface area contributed by atoms with Gasteiger partial charge in [0.25, 0.3) is 0 Å². The van der Waals surface area contributed by atoms with Crippen LogP contribution in [0.25, 0.3) is 0 Å². The number of nitrogens with zero attached hydrogens (tertiary/aromatic N) is 2. The zero-order valence-corrected chi connectivity index (χ0v) is 10.1. The molecular formula is C13H14N2O3. The first-order valence-corrected chi connectivity index (χ1v) is 5.95. The van der Waals surface area contributed by atoms with Crippen molar-refractivity contribution in [1.82, 2.24) is 10.1 Å². The first-order valence-electron chi connectivity index (χ1n) is 5.95. The van der Waals surface area contributed by atoms with E-state index in [1.165, 1.54) is 0 Å². The van der Waals surface area contributed by atoms with Gasteiger partial charge in [-0.25, -0.2) is 0 Å². The summed E-state index contributed by atoms with van der Waals surface area (Å²) in [7, 11) is 0. The molecule has 0 fully saturated rings. The summed E-state index contributed by atoms with van der Waals surface area (Å²) in [4.78, 5) is 4.07. The van der Waals surface area contributed by atoms with Crippen molar-refractivity contribution in [2.45, 2.75) is 32.5 Å². The van der Waals surface area contributed by atoms with Crippen LogP contribution in [0.3, 0.4) is 0 Å². The maximum atomic E-state index is 9.71. The lowest BCUT2D eigenvalue weighted by molar-refractivity contribution is 0.180. The van der Waals surface area contributed by atoms with Crippen LogP contribution in [0.2, 0.25) is 0 Å². The Morgan fingerprint density at radius 2 is 2.39 bits per heavy atom. The highest BCUT2D eigenvalue weighted by Gasteiger charge is 2.20. The minimum atomic E-state index is -0.325. The Morgan fingerprint density at radius 3 is 3.17 bits per heavy atom. The molecule has 18 heavy (non-hydrogen) atoms. The molecule has 1 aliphatic carbocycles. The van der Waals surface area contributed by atoms with Crippen LogP contribution in [0.15, 0.2) is 22.7 Å². The summed E-state index contributed by atoms with van der Waals surface area (Å²) in [6.45, 7) is 2.03. The normalized spacial score (nSPS) is 17.8. The van der Waals surface area contributed by atoms with Crippen LogP contribution in [-0.4, -0.2) is 15.2 Å². The molecule has 94 valence electrons. The van der Waals surface area contributed by atoms with Crippen LogP contribution in [0.5, 0.6) is 5.75 Å². The molecule has 0 saturated carbocycles. The van der Waals surface area contributed by atoms with E-state index in [0.717, 1.165) is 29.7 Å². The van der Waals surface area contributed by atoms with Crippen LogP contribution in [0.4, 0.5) is 0 Å². The molecule has 1 heterocycles. The smallest absolute Gasteiger partial charge is 0.223 e. The Morgan fingerprint density at radius 1 is 1.50 bits per heavy atom. The van der Waals surface area contributed by atoms with Gasteiger partial charge in [-0.3, -0.25) is 0 Å². The van der Waals surface area contributed by atoms with Gasteiger partial charge >= 0.3 is 0 Å². The van der Waals surface area contributed by atoms with Crippen molar-refractivity contribution in [3.8, 4) is 5.75 Å². The summed E-state index contributed by atoms with van der Waals surface area (Å²) in [6, 6.07) is 5.75. The molecule has 0 amide bonds. The summed E-state index contributed by atoms with van der Waals surface area (Å²) in [6.07, 6.45) is 1.37. The Hall–Kier alpha value is -1.88. The molecule has 0 aliphatic heterocycles. The molecule has 1 unspecified atom stereocenters. The SMILES string of the molecule is Cc1nc(COc2ccc3c(c2)CCC3O)no1. The number of aryl methyl sites for hydroxylation is 2. The van der Waals surface area contributed by atoms with Gasteiger partial charge in [-0.05, 0) is 36.1 Å². The number of hydrogen-bond acceptors (Lipinski definition) is 5. The monoisotopic (exact) mass is 246 g/mol. The fraction of sp³-hybridized carbons (Fsp3) is 0.385. The highest BCUT2D eigenvalue weighted by Crippen LogP contribution is 2.33. The zero-order chi connectivity index (χ0) is 12.5. The number of hydrogen-bond donors (Lipinski definition) is 1. The minimum absolute atomic E-state index is 0.290. The maximum absolute atomic E-state index is 9.71. The van der Waals surface area contributed by atoms with Gasteiger partial charge in [0.05, 0.1) is 6.10 Å². The third-order valence-electron chi connectivity index (χ3n) is 3.10. The highest BCUT2D eigenvalue weighted by molar-refractivity contribution is 5.39. The van der Waals surface area contributed by atoms with Gasteiger partial charge in [-0.15, -0.1) is 0 Å². The fourth-order valence-electron chi connectivity index (χ4n) is 2.21. The van der Waals surface area contributed by atoms with E-state index in [-0.39, 0.29) is 6.10 Å². The second-order valence-corrected chi connectivity index (χ2v) is 4.43. The lowest BCUT2D eigenvalue weighted by Gasteiger charge is -2.07. The lowest BCUT2D eigenvalue weighted by atomic mass is 10.1. The summed E-state index contributed by atoms with van der Waals surface area (Å²) < 4.78 is 10.5. The van der Waals surface area contributed by atoms with Crippen molar-refractivity contribution in [1.29, 1.82) is 0 Å². The van der Waals surface area contributed by atoms with Crippen molar-refractivity contribution >= 4 is 0 Å². The third-order valence-corrected chi connectivity index (χ3v) is 3.10. The number of rotatable bonds is 3. The molecule has 1 N–H and O–H groups in total. The average Bonchev–Trinajstić information content (AvgIpc) is 2.94. The van der Waals surface area contributed by atoms with Crippen LogP contribution >= 0.6 is 0 Å². The maximum Gasteiger partial charge on any atom is 0.223 e. The van der Waals surface area contributed by atoms with Crippen molar-refractivity contribution in [2.24, 2.45) is 0 Å². The number of fused-ring (bicyclic) bond motifs is 1. The van der Waals surface area contributed by atoms with Gasteiger partial charge in [-0.1, -0.05) is 11.2 Å². The molecule has 5 nitrogen and oxygen atoms in total. The fourth-order valence-corrected chi connectivity index (χ4v) is 2.21. The first-order chi connectivity index (χ1) is 8.72. The summed E-state index contributed by atoms with van der Waals surface area (Å²) in [5.41, 5.74) is 2.17. The molecular weight excluding hydrogens is 232 g/mol. The van der Waals surface area contributed by atoms with Gasteiger partial charge in [-0.2, -0.15) is 4.98 Å². The lowest BCUT2D eigenvalue weighted by Crippen LogP contribution is -1.98. The molecule has 0 bridgehead atoms. The van der Waals surface area contributed by atoms with E-state index in [9.17, 15) is 5.11 Å². The van der Waals surface area contributed by atoms with Gasteiger partial charge in [0, 0.05) is 6.92 Å². The molecule has 3 rings (SSSR count). The Bertz CT molecular complexity index is 565. The van der Waals surface area contributed by atoms with Gasteiger partial charge in [0.1, 0.15) is 5.75 Å². The van der Waals surface area contributed by atoms with Gasteiger partial charge < -0.3 is 14.4 Å². The number of ether oxygens (including phenoxy) is 1. The van der Waals surface area contributed by atoms with E-state index < -0.39 is 0 Å². The van der Waals surface area contributed by atoms with E-state index in [1.54, 1.807) is 6.92 Å². The van der Waals surface area contributed by atoms with Crippen molar-refractivity contribution in [3.05, 3.63) is 41.0 Å². The summed E-state index contributed by atoms with van der Waals surface area (Å²) >= 11 is 0. The van der Waals surface area contributed by atoms with Crippen molar-refractivity contribution in [2.75, 3.05) is 0 Å². The highest BCUT2D eigenvalue weighted by atomic mass is 16.5. The second kappa shape index (κ2) is 4.42. The summed E-state index contributed by atoms with van der Waals surface area (Å²) in [5, 5.41) is 13.5. The predicted molar refractivity (Wildman–Crippen MR) is 63.1 cm³/mol. The molecule has 5 heteroatoms. The average molecular weight is 246 g/mol. The molecule has 1 aromatic heterocycles. The van der Waals surface area contributed by atoms with E-state index in [1.807, 2.05) is 18.2 Å². The zero-order valence-electron chi connectivity index (χ0n) is 10.1. The topological polar surface area (TPSA) is 68.4 Å². The largest absolute Gasteiger partial charge is 0.485 e. The number of aliphatic hydroxyl groups excluding tert-OH is 1. The molecule has 1 aromatic carbocycles. The van der Waals surface area contributed by atoms with Gasteiger partial charge in [0.2, 0.25) is 11.7 Å². The van der Waals surface area contributed by atoms with E-state index in [4.69, 9.17) is 9.26 Å². The van der Waals surface area contributed by atoms with Crippen LogP contribution in [0.1, 0.15) is 35.4 Å². The van der Waals surface area contributed by atoms with Crippen LogP contribution in [0, 0.1) is 6.92 Å². The van der Waals surface area contributed by atoms with E-state index >= 15 is 0 Å². The number of benzene rings is 1. The first kappa shape index (κ1) is 11.2. The van der Waals surface area contributed by atoms with E-state index in [2.05, 4.69) is 10.1 Å². The standard InChI is InChI=1S/C13H14N2O3/c1-8-14-13(15-18-8)7-17-10-3-4-11-9(6-10)2-5-12(11)16/h3-4,6,12,16H,2,5,7H2,1H3. The van der Waals surface area contributed by atoms with E-state index in [0.29, 0.717) is 18.3 Å². The third kappa shape index (κ3) is 2.09. The van der Waals surface area contributed by atoms with Crippen LogP contribution in [-0.2, 0) is 13.0 Å². The number of aromatic nitrogens is 2. The van der Waals surface area contributed by atoms with Crippen molar-refractivity contribution < 1.29 is 14.4 Å². The summed E-state index contributed by atoms with van der Waals surface area (Å²) in [5.74, 6) is 1.84. The Labute approximate surface area is 104 Å². The molecule has 0 radical (unpaired) electrons. The van der Waals surface area contributed by atoms with Crippen LogP contribution < -0.4 is 4.74 Å². The minimum Gasteiger partial charge on any atom is -0.485 e. The second-order valence-electron chi connectivity index (χ2n) is 4.43. The number of aliphatic hydroxyl groups is 1. The van der Waals surface area contributed by atoms with Crippen molar-refractivity contribution in [3.63, 3.8) is 0 Å². The Balaban J connectivity index is 1.70.